The van der Waals surface area contributed by atoms with E-state index in [4.69, 9.17) is 15.9 Å². The number of carbonyl (C=O) groups excluding carboxylic acids is 2. The number of ketones is 2. The molecule has 2 fully saturated rings. The molecule has 2 saturated heterocycles. The molecule has 6 aromatic carbocycles. The van der Waals surface area contributed by atoms with Crippen molar-refractivity contribution in [3.05, 3.63) is 175 Å². The highest BCUT2D eigenvalue weighted by Crippen LogP contribution is 2.31. The van der Waals surface area contributed by atoms with Gasteiger partial charge in [0.25, 0.3) is 0 Å². The molecule has 2 unspecified atom stereocenters. The van der Waals surface area contributed by atoms with Crippen LogP contribution in [-0.4, -0.2) is 110 Å². The van der Waals surface area contributed by atoms with Gasteiger partial charge in [0.1, 0.15) is 37.9 Å². The molecule has 4 N–H and O–H groups in total. The minimum atomic E-state index is -3.00. The first kappa shape index (κ1) is 58.6. The van der Waals surface area contributed by atoms with E-state index in [1.54, 1.807) is 92.9 Å². The zero-order chi connectivity index (χ0) is 54.6. The number of nitrogens with zero attached hydrogens (tertiary/aromatic N) is 6. The lowest BCUT2D eigenvalue weighted by atomic mass is 9.97. The fraction of sp³-hybridized carbons (Fsp3) is 0.192. The predicted molar refractivity (Wildman–Crippen MR) is 299 cm³/mol. The van der Waals surface area contributed by atoms with Crippen molar-refractivity contribution in [3.63, 3.8) is 0 Å². The Balaban J connectivity index is 0.000000157. The van der Waals surface area contributed by atoms with Crippen LogP contribution in [0.5, 0.6) is 0 Å². The molecule has 0 spiro atoms. The molecule has 25 heteroatoms. The Kier molecular flexibility index (Phi) is 18.8. The van der Waals surface area contributed by atoms with Gasteiger partial charge in [-0.2, -0.15) is 15.3 Å². The second kappa shape index (κ2) is 24.7. The Morgan fingerprint density at radius 3 is 1.21 bits per heavy atom. The van der Waals surface area contributed by atoms with Gasteiger partial charge in [0.15, 0.2) is 31.2 Å². The lowest BCUT2D eigenvalue weighted by Gasteiger charge is -2.08. The van der Waals surface area contributed by atoms with Crippen molar-refractivity contribution in [1.29, 1.82) is 0 Å². The molecule has 77 heavy (non-hydrogen) atoms. The fourth-order valence-corrected chi connectivity index (χ4v) is 13.4. The number of hydrogen-bond donors (Lipinski definition) is 3. The molecular formula is C52H44Br3ClF3N7O9S2. The maximum atomic E-state index is 13.2. The molecule has 3 aromatic heterocycles. The Hall–Kier alpha value is -6.12. The van der Waals surface area contributed by atoms with Crippen molar-refractivity contribution in [3.8, 4) is 17.1 Å². The number of nitrogens with two attached hydrogens (primary N) is 1. The summed E-state index contributed by atoms with van der Waals surface area (Å²) in [6, 6.07) is 32.7. The van der Waals surface area contributed by atoms with E-state index in [1.807, 2.05) is 6.07 Å². The lowest BCUT2D eigenvalue weighted by molar-refractivity contribution is 0.0696. The standard InChI is InChI=1S/C19H16BrFN2O3S.C15H10BrFN2O2.C14H8BrFN2O2.C4H9NO2S.ClH/c20-19-16-6-1-13(18(24)9-12-7-8-27(25,26)11-12)10-17(16)23(22-19)15-4-2-14(21)3-5-15;16-15-12-6-1-9(14(21)8-20)7-13(12)19(18-15)11-4-2-10(17)3-5-11;15-13-11-6-1-8(14(19)20)7-12(11)18(17-13)10-4-2-9(16)3-5-10;5-4-1-2-8(6,7)3-4;/h1-6,10,12H,7-9,11H2;1-7,20H,8H2;1-7H,(H,19,20);4H,1-3,5H2;1H. The fourth-order valence-electron chi connectivity index (χ4n) is 8.38. The molecular weight excluding hydrogens is 1260 g/mol. The molecule has 402 valence electrons. The molecule has 0 bridgehead atoms. The van der Waals surface area contributed by atoms with E-state index in [0.29, 0.717) is 65.9 Å². The van der Waals surface area contributed by atoms with Crippen LogP contribution in [0, 0.1) is 23.4 Å². The molecule has 9 aromatic rings. The van der Waals surface area contributed by atoms with Gasteiger partial charge in [-0.15, -0.1) is 12.4 Å². The molecule has 2 aliphatic rings. The monoisotopic (exact) mass is 1300 g/mol. The normalized spacial score (nSPS) is 16.1. The van der Waals surface area contributed by atoms with Gasteiger partial charge < -0.3 is 15.9 Å². The molecule has 11 rings (SSSR count). The number of aromatic carboxylic acids is 1. The summed E-state index contributed by atoms with van der Waals surface area (Å²) in [5.74, 6) is -1.85. The second-order valence-corrected chi connectivity index (χ2v) is 24.4. The topological polar surface area (TPSA) is 239 Å². The van der Waals surface area contributed by atoms with E-state index in [-0.39, 0.29) is 88.4 Å². The first-order valence-corrected chi connectivity index (χ1v) is 29.0. The molecule has 0 aliphatic carbocycles. The van der Waals surface area contributed by atoms with Gasteiger partial charge in [0, 0.05) is 39.7 Å². The van der Waals surface area contributed by atoms with Gasteiger partial charge in [-0.3, -0.25) is 9.59 Å². The molecule has 5 heterocycles. The van der Waals surface area contributed by atoms with Crippen LogP contribution < -0.4 is 5.73 Å². The summed E-state index contributed by atoms with van der Waals surface area (Å²) in [7, 11) is -5.72. The van der Waals surface area contributed by atoms with Crippen molar-refractivity contribution in [1.82, 2.24) is 29.3 Å². The minimum absolute atomic E-state index is 0. The van der Waals surface area contributed by atoms with E-state index in [2.05, 4.69) is 63.1 Å². The Bertz CT molecular complexity index is 3900. The lowest BCUT2D eigenvalue weighted by Crippen LogP contribution is -2.20. The Labute approximate surface area is 469 Å². The average molecular weight is 1310 g/mol. The number of aliphatic hydroxyl groups is 1. The maximum absolute atomic E-state index is 13.2. The van der Waals surface area contributed by atoms with Gasteiger partial charge in [0.05, 0.1) is 62.2 Å². The first-order chi connectivity index (χ1) is 36.1. The number of fused-ring (bicyclic) bond motifs is 3. The number of aliphatic hydroxyl groups excluding tert-OH is 1. The average Bonchev–Trinajstić information content (AvgIpc) is 4.20. The van der Waals surface area contributed by atoms with E-state index in [1.165, 1.54) is 42.5 Å². The second-order valence-electron chi connectivity index (χ2n) is 17.7. The number of sulfone groups is 2. The van der Waals surface area contributed by atoms with Crippen molar-refractivity contribution in [2.24, 2.45) is 11.7 Å². The van der Waals surface area contributed by atoms with E-state index in [0.717, 1.165) is 21.7 Å². The number of carboxylic acids is 1. The third-order valence-electron chi connectivity index (χ3n) is 12.2. The van der Waals surface area contributed by atoms with Crippen LogP contribution in [0.2, 0.25) is 0 Å². The van der Waals surface area contributed by atoms with Gasteiger partial charge in [0.2, 0.25) is 0 Å². The molecule has 2 aliphatic heterocycles. The number of hydrogen-bond acceptors (Lipinski definition) is 12. The van der Waals surface area contributed by atoms with Crippen LogP contribution in [0.1, 0.15) is 50.3 Å². The van der Waals surface area contributed by atoms with Crippen LogP contribution in [-0.2, 0) is 19.7 Å². The summed E-state index contributed by atoms with van der Waals surface area (Å²) in [4.78, 5) is 35.3. The molecule has 0 amide bonds. The third-order valence-corrected chi connectivity index (χ3v) is 17.6. The van der Waals surface area contributed by atoms with Crippen LogP contribution in [0.4, 0.5) is 13.2 Å². The van der Waals surface area contributed by atoms with E-state index >= 15 is 0 Å². The predicted octanol–water partition coefficient (Wildman–Crippen LogP) is 10.2. The van der Waals surface area contributed by atoms with Gasteiger partial charge >= 0.3 is 5.97 Å². The molecule has 2 atom stereocenters. The molecule has 16 nitrogen and oxygen atoms in total. The third kappa shape index (κ3) is 14.1. The zero-order valence-electron chi connectivity index (χ0n) is 39.9. The summed E-state index contributed by atoms with van der Waals surface area (Å²) in [5.41, 5.74) is 10.5. The number of Topliss-reactive ketones (excluding diaryl/α,β-unsaturated/α-hetero) is 2. The van der Waals surface area contributed by atoms with Gasteiger partial charge in [-0.25, -0.2) is 48.8 Å². The number of carboxylic acid groups (broad SMARTS) is 1. The molecule has 0 radical (unpaired) electrons. The van der Waals surface area contributed by atoms with Crippen LogP contribution in [0.25, 0.3) is 49.8 Å². The first-order valence-electron chi connectivity index (χ1n) is 23.0. The van der Waals surface area contributed by atoms with Crippen molar-refractivity contribution in [2.45, 2.75) is 25.3 Å². The highest BCUT2D eigenvalue weighted by Gasteiger charge is 2.30. The van der Waals surface area contributed by atoms with Crippen LogP contribution >= 0.6 is 60.2 Å². The summed E-state index contributed by atoms with van der Waals surface area (Å²) in [6.07, 6.45) is 1.40. The zero-order valence-corrected chi connectivity index (χ0v) is 47.1. The number of benzene rings is 6. The summed E-state index contributed by atoms with van der Waals surface area (Å²) >= 11 is 10.1. The largest absolute Gasteiger partial charge is 0.478 e. The number of halogens is 7. The minimum Gasteiger partial charge on any atom is -0.478 e. The SMILES string of the molecule is Cl.NC1CCS(=O)(=O)C1.O=C(CC1CCS(=O)(=O)C1)c1ccc2c(Br)nn(-c3ccc(F)cc3)c2c1.O=C(CO)c1ccc2c(Br)nn(-c3ccc(F)cc3)c2c1.O=C(O)c1ccc2c(Br)nn(-c3ccc(F)cc3)c2c1. The van der Waals surface area contributed by atoms with Crippen LogP contribution in [0.15, 0.2) is 141 Å². The van der Waals surface area contributed by atoms with Gasteiger partial charge in [-0.05, 0) is 182 Å². The Morgan fingerprint density at radius 2 is 0.896 bits per heavy atom. The van der Waals surface area contributed by atoms with Crippen molar-refractivity contribution >= 4 is 130 Å². The number of rotatable bonds is 9. The summed E-state index contributed by atoms with van der Waals surface area (Å²) < 4.78 is 90.3. The highest BCUT2D eigenvalue weighted by molar-refractivity contribution is 9.11. The van der Waals surface area contributed by atoms with E-state index in [9.17, 15) is 44.4 Å². The number of aromatic nitrogens is 6. The Morgan fingerprint density at radius 1 is 0.545 bits per heavy atom. The quantitative estimate of drug-likeness (QED) is 0.114. The highest BCUT2D eigenvalue weighted by atomic mass is 79.9. The van der Waals surface area contributed by atoms with Crippen molar-refractivity contribution in [2.75, 3.05) is 29.6 Å². The molecule has 0 saturated carbocycles. The number of carbonyl (C=O) groups is 3. The summed E-state index contributed by atoms with van der Waals surface area (Å²) in [5, 5.41) is 33.6. The summed E-state index contributed by atoms with van der Waals surface area (Å²) in [6.45, 7) is -0.544. The van der Waals surface area contributed by atoms with Gasteiger partial charge in [-0.1, -0.05) is 12.1 Å². The smallest absolute Gasteiger partial charge is 0.335 e. The maximum Gasteiger partial charge on any atom is 0.335 e. The van der Waals surface area contributed by atoms with Crippen LogP contribution in [0.3, 0.4) is 0 Å². The van der Waals surface area contributed by atoms with E-state index < -0.39 is 32.3 Å². The van der Waals surface area contributed by atoms with Crippen molar-refractivity contribution < 1.29 is 54.6 Å².